The van der Waals surface area contributed by atoms with E-state index in [-0.39, 0.29) is 23.1 Å². The number of hydrogen-bond donors (Lipinski definition) is 0. The fourth-order valence-electron chi connectivity index (χ4n) is 0.342. The molecule has 1 aromatic carbocycles. The van der Waals surface area contributed by atoms with Crippen molar-refractivity contribution < 1.29 is 0 Å². The van der Waals surface area contributed by atoms with E-state index in [9.17, 15) is 0 Å². The molecule has 0 nitrogen and oxygen atoms in total. The first-order chi connectivity index (χ1) is 4.00. The molecule has 0 spiro atoms. The molecule has 0 radical (unpaired) electrons. The molecule has 0 N–H and O–H groups in total. The average molecular weight is 149 g/mol. The van der Waals surface area contributed by atoms with E-state index in [0.29, 0.717) is 0 Å². The molecular formula is C7H8MgS. The summed E-state index contributed by atoms with van der Waals surface area (Å²) >= 11 is 4.08. The smallest absolute Gasteiger partial charge is 0.796 e. The quantitative estimate of drug-likeness (QED) is 0.303. The van der Waals surface area contributed by atoms with Gasteiger partial charge in [-0.05, 0) is 0 Å². The zero-order chi connectivity index (χ0) is 6.24. The molecule has 0 amide bonds. The van der Waals surface area contributed by atoms with Gasteiger partial charge in [0.05, 0.1) is 0 Å². The van der Waals surface area contributed by atoms with Gasteiger partial charge in [-0.2, -0.15) is 42.7 Å². The maximum Gasteiger partial charge on any atom is 2.00 e. The molecule has 0 aliphatic rings. The van der Waals surface area contributed by atoms with Crippen molar-refractivity contribution in [2.75, 3.05) is 6.26 Å². The van der Waals surface area contributed by atoms with E-state index >= 15 is 0 Å². The van der Waals surface area contributed by atoms with E-state index in [1.807, 2.05) is 30.3 Å². The van der Waals surface area contributed by atoms with Crippen molar-refractivity contribution in [3.8, 4) is 0 Å². The van der Waals surface area contributed by atoms with Crippen LogP contribution in [0, 0.1) is 6.07 Å². The fourth-order valence-corrected chi connectivity index (χ4v) is 0.342. The molecule has 0 bridgehead atoms. The van der Waals surface area contributed by atoms with Gasteiger partial charge in [0.15, 0.2) is 0 Å². The Morgan fingerprint density at radius 3 is 1.56 bits per heavy atom. The van der Waals surface area contributed by atoms with Crippen LogP contribution in [-0.4, -0.2) is 29.3 Å². The summed E-state index contributed by atoms with van der Waals surface area (Å²) in [7, 11) is 0. The van der Waals surface area contributed by atoms with Crippen LogP contribution in [0.25, 0.3) is 0 Å². The van der Waals surface area contributed by atoms with E-state index in [1.165, 1.54) is 0 Å². The molecule has 44 valence electrons. The van der Waals surface area contributed by atoms with Crippen molar-refractivity contribution in [3.05, 3.63) is 36.4 Å². The molecule has 0 aliphatic heterocycles. The third-order valence-electron chi connectivity index (χ3n) is 0.607. The Morgan fingerprint density at radius 1 is 1.00 bits per heavy atom. The zero-order valence-corrected chi connectivity index (χ0v) is 7.73. The molecule has 9 heavy (non-hydrogen) atoms. The van der Waals surface area contributed by atoms with Crippen LogP contribution < -0.4 is 0 Å². The van der Waals surface area contributed by atoms with Gasteiger partial charge >= 0.3 is 23.1 Å². The second-order valence-electron chi connectivity index (χ2n) is 1.08. The van der Waals surface area contributed by atoms with Gasteiger partial charge in [0.25, 0.3) is 0 Å². The van der Waals surface area contributed by atoms with E-state index < -0.39 is 0 Å². The molecule has 0 saturated heterocycles. The maximum atomic E-state index is 4.08. The first-order valence-electron chi connectivity index (χ1n) is 2.32. The van der Waals surface area contributed by atoms with Gasteiger partial charge in [-0.25, -0.2) is 0 Å². The zero-order valence-electron chi connectivity index (χ0n) is 5.50. The molecule has 0 fully saturated rings. The number of rotatable bonds is 0. The van der Waals surface area contributed by atoms with Crippen molar-refractivity contribution >= 4 is 35.7 Å². The Kier molecular flexibility index (Phi) is 15.0. The van der Waals surface area contributed by atoms with E-state index in [4.69, 9.17) is 0 Å². The van der Waals surface area contributed by atoms with E-state index in [2.05, 4.69) is 18.7 Å². The summed E-state index contributed by atoms with van der Waals surface area (Å²) in [6.45, 7) is 0. The maximum absolute atomic E-state index is 4.08. The summed E-state index contributed by atoms with van der Waals surface area (Å²) in [6.07, 6.45) is 1.58. The van der Waals surface area contributed by atoms with Crippen LogP contribution in [-0.2, 0) is 12.6 Å². The van der Waals surface area contributed by atoms with Gasteiger partial charge in [-0.15, -0.1) is 0 Å². The largest absolute Gasteiger partial charge is 2.00 e. The molecule has 0 unspecified atom stereocenters. The monoisotopic (exact) mass is 148 g/mol. The Bertz CT molecular complexity index is 80.8. The van der Waals surface area contributed by atoms with Crippen LogP contribution in [0.5, 0.6) is 0 Å². The van der Waals surface area contributed by atoms with Crippen molar-refractivity contribution in [2.45, 2.75) is 0 Å². The van der Waals surface area contributed by atoms with Gasteiger partial charge in [0.2, 0.25) is 0 Å². The van der Waals surface area contributed by atoms with Crippen LogP contribution >= 0.6 is 0 Å². The Hall–Kier alpha value is 0.336. The van der Waals surface area contributed by atoms with Gasteiger partial charge in [0, 0.05) is 0 Å². The SMILES string of the molecule is C[S-].[Mg+2].[c-]1ccccc1. The summed E-state index contributed by atoms with van der Waals surface area (Å²) in [4.78, 5) is 0. The summed E-state index contributed by atoms with van der Waals surface area (Å²) in [5.74, 6) is 0. The van der Waals surface area contributed by atoms with Crippen molar-refractivity contribution in [2.24, 2.45) is 0 Å². The summed E-state index contributed by atoms with van der Waals surface area (Å²) in [6, 6.07) is 12.5. The second kappa shape index (κ2) is 11.2. The van der Waals surface area contributed by atoms with Gasteiger partial charge < -0.3 is 12.6 Å². The third-order valence-corrected chi connectivity index (χ3v) is 0.607. The topological polar surface area (TPSA) is 0 Å². The Morgan fingerprint density at radius 2 is 1.44 bits per heavy atom. The molecule has 0 aromatic heterocycles. The first-order valence-corrected chi connectivity index (χ1v) is 3.14. The minimum atomic E-state index is 0. The van der Waals surface area contributed by atoms with Gasteiger partial charge in [0.1, 0.15) is 0 Å². The van der Waals surface area contributed by atoms with E-state index in [1.54, 1.807) is 6.26 Å². The Balaban J connectivity index is 0. The van der Waals surface area contributed by atoms with Crippen LogP contribution in [0.3, 0.4) is 0 Å². The normalized spacial score (nSPS) is 6.00. The van der Waals surface area contributed by atoms with Crippen LogP contribution in [0.2, 0.25) is 0 Å². The minimum Gasteiger partial charge on any atom is -0.796 e. The summed E-state index contributed by atoms with van der Waals surface area (Å²) in [5, 5.41) is 0. The fraction of sp³-hybridized carbons (Fsp3) is 0.143. The minimum absolute atomic E-state index is 0. The predicted molar refractivity (Wildman–Crippen MR) is 44.3 cm³/mol. The van der Waals surface area contributed by atoms with Crippen molar-refractivity contribution in [1.29, 1.82) is 0 Å². The first kappa shape index (κ1) is 12.1. The predicted octanol–water partition coefficient (Wildman–Crippen LogP) is 1.27. The van der Waals surface area contributed by atoms with Crippen LogP contribution in [0.4, 0.5) is 0 Å². The van der Waals surface area contributed by atoms with Gasteiger partial charge in [-0.3, -0.25) is 0 Å². The molecule has 2 heteroatoms. The molecule has 0 saturated carbocycles. The van der Waals surface area contributed by atoms with Crippen LogP contribution in [0.15, 0.2) is 30.3 Å². The average Bonchev–Trinajstić information content (AvgIpc) is 1.96. The summed E-state index contributed by atoms with van der Waals surface area (Å²) < 4.78 is 0. The Labute approximate surface area is 78.2 Å². The molecule has 0 aliphatic carbocycles. The molecule has 1 rings (SSSR count). The molecule has 1 aromatic rings. The van der Waals surface area contributed by atoms with Crippen LogP contribution in [0.1, 0.15) is 0 Å². The standard InChI is InChI=1S/C6H5.CH4S.Mg/c1-2-4-6-5-3-1;1-2;/h1-5H;2H,1H3;/q-1;;+2/p-1. The van der Waals surface area contributed by atoms with E-state index in [0.717, 1.165) is 0 Å². The van der Waals surface area contributed by atoms with Crippen molar-refractivity contribution in [1.82, 2.24) is 0 Å². The van der Waals surface area contributed by atoms with Crippen molar-refractivity contribution in [3.63, 3.8) is 0 Å². The third kappa shape index (κ3) is 8.34. The summed E-state index contributed by atoms with van der Waals surface area (Å²) in [5.41, 5.74) is 0. The molecule has 0 atom stereocenters. The van der Waals surface area contributed by atoms with Gasteiger partial charge in [-0.1, -0.05) is 0 Å². The molecular weight excluding hydrogens is 140 g/mol. The number of benzene rings is 1. The number of hydrogen-bond acceptors (Lipinski definition) is 1. The second-order valence-corrected chi connectivity index (χ2v) is 1.08. The molecule has 0 heterocycles.